The Balaban J connectivity index is 2.71. The van der Waals surface area contributed by atoms with Gasteiger partial charge in [0, 0.05) is 20.2 Å². The van der Waals surface area contributed by atoms with Gasteiger partial charge in [-0.15, -0.1) is 5.10 Å². The molecule has 2 heterocycles. The lowest BCUT2D eigenvalue weighted by Crippen LogP contribution is -2.38. The van der Waals surface area contributed by atoms with E-state index in [1.165, 1.54) is 29.4 Å². The summed E-state index contributed by atoms with van der Waals surface area (Å²) in [6.07, 6.45) is 0. The van der Waals surface area contributed by atoms with Gasteiger partial charge in [0.2, 0.25) is 0 Å². The van der Waals surface area contributed by atoms with Gasteiger partial charge in [0.25, 0.3) is 11.5 Å². The van der Waals surface area contributed by atoms with E-state index >= 15 is 0 Å². The number of aromatic nitrogens is 5. The molecule has 10 nitrogen and oxygen atoms in total. The number of nitrogens with zero attached hydrogens (tertiary/aromatic N) is 5. The lowest BCUT2D eigenvalue weighted by atomic mass is 10.3. The topological polar surface area (TPSA) is 130 Å². The zero-order valence-electron chi connectivity index (χ0n) is 11.1. The first-order valence-corrected chi connectivity index (χ1v) is 5.59. The van der Waals surface area contributed by atoms with Gasteiger partial charge in [0.1, 0.15) is 5.82 Å². The third-order valence-corrected chi connectivity index (χ3v) is 2.96. The second-order valence-corrected chi connectivity index (χ2v) is 4.15. The Hall–Kier alpha value is -2.75. The first-order chi connectivity index (χ1) is 9.38. The Morgan fingerprint density at radius 1 is 1.30 bits per heavy atom. The maximum Gasteiger partial charge on any atom is 0.332 e. The maximum atomic E-state index is 11.9. The predicted molar refractivity (Wildman–Crippen MR) is 68.2 cm³/mol. The largest absolute Gasteiger partial charge is 0.332 e. The number of amides is 1. The Morgan fingerprint density at radius 2 is 1.95 bits per heavy atom. The normalized spacial score (nSPS) is 10.6. The number of carbonyl (C=O) groups excluding carboxylic acids is 1. The van der Waals surface area contributed by atoms with E-state index in [0.29, 0.717) is 5.69 Å². The summed E-state index contributed by atoms with van der Waals surface area (Å²) in [5.74, 6) is 4.63. The minimum atomic E-state index is -0.609. The van der Waals surface area contributed by atoms with Crippen LogP contribution in [0.15, 0.2) is 15.7 Å². The molecular formula is C10H13N7O3. The highest BCUT2D eigenvalue weighted by molar-refractivity contribution is 5.92. The van der Waals surface area contributed by atoms with Crippen molar-refractivity contribution in [2.75, 3.05) is 0 Å². The molecule has 0 aliphatic rings. The van der Waals surface area contributed by atoms with E-state index in [1.807, 2.05) is 5.43 Å². The molecule has 3 N–H and O–H groups in total. The summed E-state index contributed by atoms with van der Waals surface area (Å²) in [5.41, 5.74) is 1.33. The highest BCUT2D eigenvalue weighted by Gasteiger charge is 2.18. The van der Waals surface area contributed by atoms with Crippen LogP contribution in [0.3, 0.4) is 0 Å². The van der Waals surface area contributed by atoms with Crippen molar-refractivity contribution < 1.29 is 4.79 Å². The summed E-state index contributed by atoms with van der Waals surface area (Å²) in [4.78, 5) is 35.0. The Morgan fingerprint density at radius 3 is 2.55 bits per heavy atom. The molecule has 0 bridgehead atoms. The number of nitrogen functional groups attached to an aromatic ring is 1. The van der Waals surface area contributed by atoms with Crippen LogP contribution in [0, 0.1) is 6.92 Å². The van der Waals surface area contributed by atoms with Gasteiger partial charge < -0.3 is 0 Å². The molecule has 2 aromatic rings. The van der Waals surface area contributed by atoms with Crippen LogP contribution >= 0.6 is 0 Å². The smallest absolute Gasteiger partial charge is 0.289 e. The lowest BCUT2D eigenvalue weighted by Gasteiger charge is -2.09. The molecule has 106 valence electrons. The van der Waals surface area contributed by atoms with Gasteiger partial charge >= 0.3 is 5.69 Å². The van der Waals surface area contributed by atoms with Gasteiger partial charge in [-0.2, -0.15) is 0 Å². The average molecular weight is 279 g/mol. The molecule has 0 aliphatic heterocycles. The van der Waals surface area contributed by atoms with Crippen LogP contribution in [-0.4, -0.2) is 30.0 Å². The second-order valence-electron chi connectivity index (χ2n) is 4.15. The third-order valence-electron chi connectivity index (χ3n) is 2.96. The highest BCUT2D eigenvalue weighted by atomic mass is 16.2. The van der Waals surface area contributed by atoms with E-state index in [1.54, 1.807) is 6.92 Å². The van der Waals surface area contributed by atoms with E-state index in [9.17, 15) is 14.4 Å². The van der Waals surface area contributed by atoms with Gasteiger partial charge in [-0.1, -0.05) is 5.21 Å². The molecule has 0 aromatic carbocycles. The number of hydrazine groups is 1. The van der Waals surface area contributed by atoms with Crippen LogP contribution in [0.2, 0.25) is 0 Å². The Kier molecular flexibility index (Phi) is 3.24. The van der Waals surface area contributed by atoms with Gasteiger partial charge in [-0.3, -0.25) is 24.1 Å². The van der Waals surface area contributed by atoms with Crippen molar-refractivity contribution in [1.29, 1.82) is 0 Å². The molecule has 1 amide bonds. The minimum absolute atomic E-state index is 0.0145. The second kappa shape index (κ2) is 4.74. The minimum Gasteiger partial charge on any atom is -0.289 e. The van der Waals surface area contributed by atoms with Gasteiger partial charge in [-0.25, -0.2) is 15.3 Å². The molecule has 0 fully saturated rings. The van der Waals surface area contributed by atoms with Gasteiger partial charge in [-0.05, 0) is 6.92 Å². The van der Waals surface area contributed by atoms with E-state index < -0.39 is 17.2 Å². The molecule has 2 rings (SSSR count). The summed E-state index contributed by atoms with van der Waals surface area (Å²) < 4.78 is 3.42. The van der Waals surface area contributed by atoms with E-state index in [4.69, 9.17) is 5.84 Å². The van der Waals surface area contributed by atoms with E-state index in [0.717, 1.165) is 4.57 Å². The number of nitrogens with one attached hydrogen (secondary N) is 1. The van der Waals surface area contributed by atoms with Crippen LogP contribution < -0.4 is 22.5 Å². The first kappa shape index (κ1) is 13.7. The first-order valence-electron chi connectivity index (χ1n) is 5.59. The summed E-state index contributed by atoms with van der Waals surface area (Å²) in [7, 11) is 2.86. The van der Waals surface area contributed by atoms with Crippen molar-refractivity contribution in [3.63, 3.8) is 0 Å². The summed E-state index contributed by atoms with van der Waals surface area (Å²) in [6.45, 7) is 1.58. The summed E-state index contributed by atoms with van der Waals surface area (Å²) >= 11 is 0. The molecule has 0 spiro atoms. The molecule has 0 aliphatic carbocycles. The molecule has 0 saturated heterocycles. The fraction of sp³-hybridized carbons (Fsp3) is 0.300. The number of carbonyl (C=O) groups is 1. The monoisotopic (exact) mass is 279 g/mol. The number of rotatable bonds is 2. The molecular weight excluding hydrogens is 266 g/mol. The maximum absolute atomic E-state index is 11.9. The number of hydrogen-bond donors (Lipinski definition) is 2. The van der Waals surface area contributed by atoms with Crippen LogP contribution in [0.4, 0.5) is 0 Å². The molecule has 2 aromatic heterocycles. The van der Waals surface area contributed by atoms with Crippen LogP contribution in [0.5, 0.6) is 0 Å². The van der Waals surface area contributed by atoms with E-state index in [-0.39, 0.29) is 11.5 Å². The summed E-state index contributed by atoms with van der Waals surface area (Å²) in [6, 6.07) is 1.23. The zero-order valence-corrected chi connectivity index (χ0v) is 11.1. The van der Waals surface area contributed by atoms with Crippen molar-refractivity contribution in [3.8, 4) is 5.82 Å². The SMILES string of the molecule is Cc1c(C(=O)NN)nnn1-c1cc(=O)n(C)c(=O)n1C. The van der Waals surface area contributed by atoms with Crippen molar-refractivity contribution >= 4 is 5.91 Å². The molecule has 0 radical (unpaired) electrons. The highest BCUT2D eigenvalue weighted by Crippen LogP contribution is 2.08. The van der Waals surface area contributed by atoms with Crippen LogP contribution in [-0.2, 0) is 14.1 Å². The molecule has 20 heavy (non-hydrogen) atoms. The fourth-order valence-electron chi connectivity index (χ4n) is 1.75. The Labute approximate surface area is 112 Å². The van der Waals surface area contributed by atoms with Crippen molar-refractivity contribution in [1.82, 2.24) is 29.6 Å². The quantitative estimate of drug-likeness (QED) is 0.357. The molecule has 0 saturated carbocycles. The predicted octanol–water partition coefficient (Wildman–Crippen LogP) is -2.42. The van der Waals surface area contributed by atoms with Gasteiger partial charge in [0.15, 0.2) is 5.69 Å². The van der Waals surface area contributed by atoms with Crippen LogP contribution in [0.25, 0.3) is 5.82 Å². The molecule has 10 heteroatoms. The van der Waals surface area contributed by atoms with Crippen molar-refractivity contribution in [3.05, 3.63) is 38.3 Å². The summed E-state index contributed by atoms with van der Waals surface area (Å²) in [5, 5.41) is 7.45. The standard InChI is InChI=1S/C10H13N7O3/c1-5-8(9(19)12-11)13-14-17(5)6-4-7(18)16(3)10(20)15(6)2/h4H,11H2,1-3H3,(H,12,19). The van der Waals surface area contributed by atoms with Crippen molar-refractivity contribution in [2.45, 2.75) is 6.92 Å². The van der Waals surface area contributed by atoms with Gasteiger partial charge in [0.05, 0.1) is 5.69 Å². The third kappa shape index (κ3) is 1.91. The molecule has 0 unspecified atom stereocenters. The zero-order chi connectivity index (χ0) is 15.0. The molecule has 0 atom stereocenters. The lowest BCUT2D eigenvalue weighted by molar-refractivity contribution is 0.0948. The van der Waals surface area contributed by atoms with E-state index in [2.05, 4.69) is 10.3 Å². The Bertz CT molecular complexity index is 798. The number of nitrogens with two attached hydrogens (primary N) is 1. The fourth-order valence-corrected chi connectivity index (χ4v) is 1.75. The number of hydrogen-bond acceptors (Lipinski definition) is 6. The average Bonchev–Trinajstić information content (AvgIpc) is 2.81. The van der Waals surface area contributed by atoms with Crippen molar-refractivity contribution in [2.24, 2.45) is 19.9 Å². The van der Waals surface area contributed by atoms with Crippen LogP contribution in [0.1, 0.15) is 16.2 Å².